The van der Waals surface area contributed by atoms with E-state index in [-0.39, 0.29) is 16.5 Å². The summed E-state index contributed by atoms with van der Waals surface area (Å²) in [7, 11) is -3.76. The molecule has 0 heterocycles. The summed E-state index contributed by atoms with van der Waals surface area (Å²) in [5.41, 5.74) is 4.05. The van der Waals surface area contributed by atoms with Crippen LogP contribution in [0.3, 0.4) is 0 Å². The second kappa shape index (κ2) is 11.9. The summed E-state index contributed by atoms with van der Waals surface area (Å²) in [6.45, 7) is 10.6. The Morgan fingerprint density at radius 1 is 1.12 bits per heavy atom. The van der Waals surface area contributed by atoms with E-state index in [0.29, 0.717) is 23.0 Å². The molecule has 0 aliphatic carbocycles. The molecule has 0 unspecified atom stereocenters. The van der Waals surface area contributed by atoms with Crippen LogP contribution in [0.5, 0.6) is 0 Å². The van der Waals surface area contributed by atoms with E-state index in [4.69, 9.17) is 34.8 Å². The number of sulfonamides is 1. The highest BCUT2D eigenvalue weighted by Gasteiger charge is 2.19. The molecular weight excluding hydrogens is 487 g/mol. The van der Waals surface area contributed by atoms with E-state index in [2.05, 4.69) is 16.2 Å². The summed E-state index contributed by atoms with van der Waals surface area (Å²) >= 11 is 18.2. The lowest BCUT2D eigenvalue weighted by atomic mass is 10.1. The SMILES string of the molecule is C=CC=C(C(C)=CC)N(CCCNS(=O)(=O)c1ccc(Cl)cc1Cl)c1cc(Cl)ccc1C. The lowest BCUT2D eigenvalue weighted by molar-refractivity contribution is 0.579. The molecule has 32 heavy (non-hydrogen) atoms. The Kier molecular flexibility index (Phi) is 9.86. The van der Waals surface area contributed by atoms with Gasteiger partial charge in [-0.25, -0.2) is 13.1 Å². The summed E-state index contributed by atoms with van der Waals surface area (Å²) in [6, 6.07) is 10.0. The fraction of sp³-hybridized carbons (Fsp3) is 0.250. The molecule has 0 fully saturated rings. The van der Waals surface area contributed by atoms with Gasteiger partial charge >= 0.3 is 0 Å². The summed E-state index contributed by atoms with van der Waals surface area (Å²) in [5, 5.41) is 1.09. The Morgan fingerprint density at radius 3 is 2.41 bits per heavy atom. The molecule has 172 valence electrons. The molecule has 2 aromatic carbocycles. The van der Waals surface area contributed by atoms with Crippen LogP contribution in [0.2, 0.25) is 15.1 Å². The number of rotatable bonds is 10. The third-order valence-electron chi connectivity index (χ3n) is 4.90. The number of hydrogen-bond donors (Lipinski definition) is 1. The zero-order chi connectivity index (χ0) is 23.9. The zero-order valence-electron chi connectivity index (χ0n) is 18.3. The van der Waals surface area contributed by atoms with E-state index in [9.17, 15) is 8.42 Å². The molecule has 0 aliphatic rings. The van der Waals surface area contributed by atoms with Crippen LogP contribution in [0.25, 0.3) is 0 Å². The fourth-order valence-electron chi connectivity index (χ4n) is 3.15. The van der Waals surface area contributed by atoms with Gasteiger partial charge in [-0.1, -0.05) is 59.6 Å². The van der Waals surface area contributed by atoms with Gasteiger partial charge in [0.1, 0.15) is 4.90 Å². The van der Waals surface area contributed by atoms with Gasteiger partial charge in [-0.05, 0) is 74.7 Å². The third-order valence-corrected chi connectivity index (χ3v) is 7.31. The highest BCUT2D eigenvalue weighted by atomic mass is 35.5. The Bertz CT molecular complexity index is 1140. The van der Waals surface area contributed by atoms with Gasteiger partial charge in [-0.2, -0.15) is 0 Å². The number of anilines is 1. The smallest absolute Gasteiger partial charge is 0.242 e. The van der Waals surface area contributed by atoms with Crippen molar-refractivity contribution in [2.75, 3.05) is 18.0 Å². The van der Waals surface area contributed by atoms with E-state index in [1.54, 1.807) is 6.08 Å². The van der Waals surface area contributed by atoms with Crippen LogP contribution >= 0.6 is 34.8 Å². The van der Waals surface area contributed by atoms with Crippen molar-refractivity contribution in [3.63, 3.8) is 0 Å². The number of halogens is 3. The van der Waals surface area contributed by atoms with Crippen LogP contribution in [0.1, 0.15) is 25.8 Å². The topological polar surface area (TPSA) is 49.4 Å². The maximum Gasteiger partial charge on any atom is 0.242 e. The van der Waals surface area contributed by atoms with Gasteiger partial charge < -0.3 is 4.90 Å². The molecule has 0 saturated carbocycles. The number of nitrogens with one attached hydrogen (secondary N) is 1. The predicted molar refractivity (Wildman–Crippen MR) is 138 cm³/mol. The van der Waals surface area contributed by atoms with Crippen LogP contribution in [-0.2, 0) is 10.0 Å². The first kappa shape index (κ1) is 26.5. The van der Waals surface area contributed by atoms with Gasteiger partial charge in [-0.15, -0.1) is 0 Å². The van der Waals surface area contributed by atoms with Crippen molar-refractivity contribution in [3.05, 3.63) is 93.1 Å². The minimum absolute atomic E-state index is 0.00288. The lowest BCUT2D eigenvalue weighted by Crippen LogP contribution is -2.30. The van der Waals surface area contributed by atoms with E-state index in [0.717, 1.165) is 22.5 Å². The normalized spacial score (nSPS) is 12.7. The standard InChI is InChI=1S/C24H27Cl3N2O2S/c1-5-8-22(17(3)6-2)29(23-16-20(26)10-9-18(23)4)14-7-13-28-32(30,31)24-12-11-19(25)15-21(24)27/h5-6,8-12,15-16,28H,1,7,13-14H2,2-4H3. The molecule has 0 radical (unpaired) electrons. The van der Waals surface area contributed by atoms with Gasteiger partial charge in [-0.3, -0.25) is 0 Å². The van der Waals surface area contributed by atoms with Gasteiger partial charge in [0.05, 0.1) is 5.02 Å². The highest BCUT2D eigenvalue weighted by Crippen LogP contribution is 2.30. The average Bonchev–Trinajstić information content (AvgIpc) is 2.73. The molecule has 0 spiro atoms. The fourth-order valence-corrected chi connectivity index (χ4v) is 5.16. The third kappa shape index (κ3) is 6.87. The lowest BCUT2D eigenvalue weighted by Gasteiger charge is -2.30. The molecule has 2 rings (SSSR count). The van der Waals surface area contributed by atoms with Crippen molar-refractivity contribution in [2.24, 2.45) is 0 Å². The van der Waals surface area contributed by atoms with E-state index < -0.39 is 10.0 Å². The van der Waals surface area contributed by atoms with E-state index in [1.165, 1.54) is 18.2 Å². The minimum atomic E-state index is -3.76. The summed E-state index contributed by atoms with van der Waals surface area (Å²) < 4.78 is 28.0. The van der Waals surface area contributed by atoms with Crippen molar-refractivity contribution in [1.82, 2.24) is 4.72 Å². The van der Waals surface area contributed by atoms with Gasteiger partial charge in [0.2, 0.25) is 10.0 Å². The minimum Gasteiger partial charge on any atom is -0.341 e. The monoisotopic (exact) mass is 512 g/mol. The van der Waals surface area contributed by atoms with Gasteiger partial charge in [0.15, 0.2) is 0 Å². The van der Waals surface area contributed by atoms with Crippen molar-refractivity contribution in [2.45, 2.75) is 32.1 Å². The van der Waals surface area contributed by atoms with Crippen molar-refractivity contribution in [3.8, 4) is 0 Å². The highest BCUT2D eigenvalue weighted by molar-refractivity contribution is 7.89. The maximum atomic E-state index is 12.7. The van der Waals surface area contributed by atoms with E-state index in [1.807, 2.05) is 51.1 Å². The first-order valence-corrected chi connectivity index (χ1v) is 12.7. The van der Waals surface area contributed by atoms with Crippen LogP contribution < -0.4 is 9.62 Å². The quantitative estimate of drug-likeness (QED) is 0.271. The number of aryl methyl sites for hydroxylation is 1. The van der Waals surface area contributed by atoms with Crippen LogP contribution in [0, 0.1) is 6.92 Å². The summed E-state index contributed by atoms with van der Waals surface area (Å²) in [4.78, 5) is 2.13. The molecular formula is C24H27Cl3N2O2S. The molecule has 0 bridgehead atoms. The van der Waals surface area contributed by atoms with Crippen LogP contribution in [0.4, 0.5) is 5.69 Å². The molecule has 0 aliphatic heterocycles. The number of benzene rings is 2. The zero-order valence-corrected chi connectivity index (χ0v) is 21.4. The van der Waals surface area contributed by atoms with Crippen molar-refractivity contribution in [1.29, 1.82) is 0 Å². The maximum absolute atomic E-state index is 12.7. The van der Waals surface area contributed by atoms with Crippen molar-refractivity contribution < 1.29 is 8.42 Å². The van der Waals surface area contributed by atoms with E-state index >= 15 is 0 Å². The largest absolute Gasteiger partial charge is 0.341 e. The second-order valence-corrected chi connectivity index (χ2v) is 10.2. The first-order chi connectivity index (χ1) is 15.1. The van der Waals surface area contributed by atoms with Gasteiger partial charge in [0.25, 0.3) is 0 Å². The predicted octanol–water partition coefficient (Wildman–Crippen LogP) is 7.17. The second-order valence-electron chi connectivity index (χ2n) is 7.17. The molecule has 0 atom stereocenters. The Balaban J connectivity index is 2.24. The Hall–Kier alpha value is -1.76. The molecule has 4 nitrogen and oxygen atoms in total. The average molecular weight is 514 g/mol. The summed E-state index contributed by atoms with van der Waals surface area (Å²) in [6.07, 6.45) is 6.24. The summed E-state index contributed by atoms with van der Waals surface area (Å²) in [5.74, 6) is 0. The number of nitrogens with zero attached hydrogens (tertiary/aromatic N) is 1. The van der Waals surface area contributed by atoms with Crippen molar-refractivity contribution >= 4 is 50.5 Å². The molecule has 0 amide bonds. The number of hydrogen-bond acceptors (Lipinski definition) is 3. The Morgan fingerprint density at radius 2 is 1.78 bits per heavy atom. The molecule has 1 N–H and O–H groups in total. The molecule has 0 saturated heterocycles. The number of allylic oxidation sites excluding steroid dienone is 4. The van der Waals surface area contributed by atoms with Gasteiger partial charge in [0, 0.05) is 34.5 Å². The molecule has 2 aromatic rings. The van der Waals surface area contributed by atoms with Crippen LogP contribution in [0.15, 0.2) is 77.4 Å². The first-order valence-electron chi connectivity index (χ1n) is 10.0. The Labute approximate surface area is 206 Å². The molecule has 8 heteroatoms. The van der Waals surface area contributed by atoms with Crippen LogP contribution in [-0.4, -0.2) is 21.5 Å². The molecule has 0 aromatic heterocycles.